The maximum absolute atomic E-state index is 13.8. The third kappa shape index (κ3) is 6.97. The molecule has 0 unspecified atom stereocenters. The van der Waals surface area contributed by atoms with Crippen molar-refractivity contribution in [2.75, 3.05) is 0 Å². The highest BCUT2D eigenvalue weighted by atomic mass is 16.5. The number of hydrogen-bond donors (Lipinski definition) is 4. The van der Waals surface area contributed by atoms with Crippen molar-refractivity contribution in [3.63, 3.8) is 0 Å². The Morgan fingerprint density at radius 2 is 1.68 bits per heavy atom. The summed E-state index contributed by atoms with van der Waals surface area (Å²) in [5, 5.41) is 16.3. The van der Waals surface area contributed by atoms with Crippen molar-refractivity contribution < 1.29 is 28.6 Å². The average Bonchev–Trinajstić information content (AvgIpc) is 3.63. The van der Waals surface area contributed by atoms with Gasteiger partial charge in [0.15, 0.2) is 12.0 Å². The molecule has 0 radical (unpaired) electrons. The highest BCUT2D eigenvalue weighted by Crippen LogP contribution is 2.37. The lowest BCUT2D eigenvalue weighted by Crippen LogP contribution is -2.50. The van der Waals surface area contributed by atoms with E-state index in [1.165, 1.54) is 12.1 Å². The minimum Gasteiger partial charge on any atom is -0.508 e. The normalized spacial score (nSPS) is 12.8. The Kier molecular flexibility index (Phi) is 8.80. The minimum absolute atomic E-state index is 0.0340. The maximum atomic E-state index is 13.8. The van der Waals surface area contributed by atoms with Crippen LogP contribution in [0.5, 0.6) is 5.75 Å². The third-order valence-corrected chi connectivity index (χ3v) is 7.21. The maximum Gasteiger partial charge on any atom is 0.408 e. The number of benzene rings is 3. The van der Waals surface area contributed by atoms with Gasteiger partial charge in [0.2, 0.25) is 11.8 Å². The van der Waals surface area contributed by atoms with Crippen LogP contribution in [0.15, 0.2) is 89.5 Å². The van der Waals surface area contributed by atoms with Crippen molar-refractivity contribution in [3.8, 4) is 17.1 Å². The van der Waals surface area contributed by atoms with Crippen molar-refractivity contribution in [1.29, 1.82) is 0 Å². The van der Waals surface area contributed by atoms with E-state index in [4.69, 9.17) is 9.15 Å². The van der Waals surface area contributed by atoms with Crippen molar-refractivity contribution in [1.82, 2.24) is 20.6 Å². The number of phenolic OH excluding ortho intramolecular Hbond substituents is 1. The van der Waals surface area contributed by atoms with Gasteiger partial charge in [0.1, 0.15) is 30.1 Å². The highest BCUT2D eigenvalue weighted by molar-refractivity contribution is 5.97. The van der Waals surface area contributed by atoms with E-state index < -0.39 is 29.5 Å². The van der Waals surface area contributed by atoms with E-state index in [0.717, 1.165) is 16.5 Å². The van der Waals surface area contributed by atoms with E-state index in [-0.39, 0.29) is 30.4 Å². The molecule has 5 aromatic rings. The summed E-state index contributed by atoms with van der Waals surface area (Å²) >= 11 is 0. The quantitative estimate of drug-likeness (QED) is 0.143. The number of nitrogens with zero attached hydrogens (tertiary/aromatic N) is 1. The number of ether oxygens (including phenoxy) is 1. The average molecular weight is 595 g/mol. The van der Waals surface area contributed by atoms with Gasteiger partial charge in [0.05, 0.1) is 0 Å². The van der Waals surface area contributed by atoms with Gasteiger partial charge in [-0.3, -0.25) is 9.59 Å². The molecule has 3 aromatic carbocycles. The summed E-state index contributed by atoms with van der Waals surface area (Å²) in [6, 6.07) is 21.4. The number of aromatic amines is 1. The Balaban J connectivity index is 1.41. The molecule has 2 amide bonds. The fourth-order valence-electron chi connectivity index (χ4n) is 4.88. The molecule has 0 bridgehead atoms. The standard InChI is InChI=1S/C34H34N4O6/c1-34(2,3)30(32-36-28(19-39)29(44-32)25-18-35-26-12-8-7-11-24(25)26)38-31(41)27(17-21-13-15-23(40)16-14-21)37-33(42)43-20-22-9-5-4-6-10-22/h4-16,18-19,27,30,35,40H,17,20H2,1-3H3,(H,37,42)(H,38,41)/t27-,30+/m0/s1. The van der Waals surface area contributed by atoms with Crippen LogP contribution < -0.4 is 10.6 Å². The van der Waals surface area contributed by atoms with Crippen LogP contribution in [0.25, 0.3) is 22.2 Å². The van der Waals surface area contributed by atoms with E-state index in [1.54, 1.807) is 18.3 Å². The molecule has 10 nitrogen and oxygen atoms in total. The number of fused-ring (bicyclic) bond motifs is 1. The first-order valence-electron chi connectivity index (χ1n) is 14.2. The van der Waals surface area contributed by atoms with Crippen LogP contribution in [0.2, 0.25) is 0 Å². The van der Waals surface area contributed by atoms with Gasteiger partial charge in [-0.15, -0.1) is 0 Å². The van der Waals surface area contributed by atoms with Crippen LogP contribution in [-0.2, 0) is 22.6 Å². The van der Waals surface area contributed by atoms with Gasteiger partial charge >= 0.3 is 6.09 Å². The molecule has 0 saturated heterocycles. The second kappa shape index (κ2) is 12.9. The molecule has 0 aliphatic carbocycles. The number of phenols is 1. The molecule has 4 N–H and O–H groups in total. The number of H-pyrrole nitrogens is 1. The summed E-state index contributed by atoms with van der Waals surface area (Å²) in [5.74, 6) is 0.0234. The number of aromatic nitrogens is 2. The topological polar surface area (TPSA) is 147 Å². The first-order valence-corrected chi connectivity index (χ1v) is 14.2. The number of amides is 2. The second-order valence-corrected chi connectivity index (χ2v) is 11.6. The predicted molar refractivity (Wildman–Crippen MR) is 165 cm³/mol. The Morgan fingerprint density at radius 1 is 0.977 bits per heavy atom. The smallest absolute Gasteiger partial charge is 0.408 e. The number of alkyl carbamates (subject to hydrolysis) is 1. The Bertz CT molecular complexity index is 1750. The predicted octanol–water partition coefficient (Wildman–Crippen LogP) is 6.08. The van der Waals surface area contributed by atoms with Crippen LogP contribution in [0.1, 0.15) is 54.3 Å². The number of aldehydes is 1. The summed E-state index contributed by atoms with van der Waals surface area (Å²) in [6.45, 7) is 5.76. The number of rotatable bonds is 10. The second-order valence-electron chi connectivity index (χ2n) is 11.6. The summed E-state index contributed by atoms with van der Waals surface area (Å²) < 4.78 is 11.6. The lowest BCUT2D eigenvalue weighted by molar-refractivity contribution is -0.124. The fourth-order valence-corrected chi connectivity index (χ4v) is 4.88. The van der Waals surface area contributed by atoms with E-state index in [2.05, 4.69) is 20.6 Å². The van der Waals surface area contributed by atoms with E-state index in [0.29, 0.717) is 23.2 Å². The molecule has 0 fully saturated rings. The SMILES string of the molecule is CC(C)(C)[C@H](NC(=O)[C@H](Cc1ccc(O)cc1)NC(=O)OCc1ccccc1)c1nc(C=O)c(-c2c[nH]c3ccccc23)o1. The molecule has 0 spiro atoms. The molecule has 2 atom stereocenters. The highest BCUT2D eigenvalue weighted by Gasteiger charge is 2.36. The van der Waals surface area contributed by atoms with Crippen LogP contribution >= 0.6 is 0 Å². The number of carbonyl (C=O) groups excluding carboxylic acids is 3. The monoisotopic (exact) mass is 594 g/mol. The van der Waals surface area contributed by atoms with Gasteiger partial charge in [-0.2, -0.15) is 0 Å². The van der Waals surface area contributed by atoms with Crippen LogP contribution in [0.4, 0.5) is 4.79 Å². The molecule has 10 heteroatoms. The minimum atomic E-state index is -1.04. The molecule has 44 heavy (non-hydrogen) atoms. The van der Waals surface area contributed by atoms with Gasteiger partial charge < -0.3 is 29.9 Å². The fraction of sp³-hybridized carbons (Fsp3) is 0.235. The molecule has 0 aliphatic rings. The Hall–Kier alpha value is -5.38. The zero-order valence-corrected chi connectivity index (χ0v) is 24.7. The lowest BCUT2D eigenvalue weighted by Gasteiger charge is -2.30. The van der Waals surface area contributed by atoms with Gasteiger partial charge in [-0.05, 0) is 34.7 Å². The van der Waals surface area contributed by atoms with Gasteiger partial charge in [0.25, 0.3) is 0 Å². The van der Waals surface area contributed by atoms with Crippen LogP contribution in [0, 0.1) is 5.41 Å². The lowest BCUT2D eigenvalue weighted by atomic mass is 9.86. The summed E-state index contributed by atoms with van der Waals surface area (Å²) in [7, 11) is 0. The first kappa shape index (κ1) is 30.1. The van der Waals surface area contributed by atoms with Crippen LogP contribution in [-0.4, -0.2) is 39.4 Å². The van der Waals surface area contributed by atoms with Gasteiger partial charge in [-0.25, -0.2) is 9.78 Å². The van der Waals surface area contributed by atoms with Crippen LogP contribution in [0.3, 0.4) is 0 Å². The van der Waals surface area contributed by atoms with E-state index >= 15 is 0 Å². The molecule has 2 heterocycles. The zero-order chi connectivity index (χ0) is 31.3. The molecule has 0 saturated carbocycles. The number of oxazole rings is 1. The number of para-hydroxylation sites is 1. The van der Waals surface area contributed by atoms with E-state index in [1.807, 2.05) is 75.4 Å². The molecule has 0 aliphatic heterocycles. The van der Waals surface area contributed by atoms with Crippen molar-refractivity contribution in [2.24, 2.45) is 5.41 Å². The summed E-state index contributed by atoms with van der Waals surface area (Å²) in [6.07, 6.45) is 1.74. The van der Waals surface area contributed by atoms with E-state index in [9.17, 15) is 19.5 Å². The Labute approximate surface area is 254 Å². The third-order valence-electron chi connectivity index (χ3n) is 7.21. The van der Waals surface area contributed by atoms with Gasteiger partial charge in [0, 0.05) is 29.1 Å². The Morgan fingerprint density at radius 3 is 2.39 bits per heavy atom. The molecule has 226 valence electrons. The van der Waals surface area contributed by atoms with Crippen molar-refractivity contribution in [3.05, 3.63) is 108 Å². The largest absolute Gasteiger partial charge is 0.508 e. The summed E-state index contributed by atoms with van der Waals surface area (Å²) in [5.41, 5.74) is 2.57. The van der Waals surface area contributed by atoms with Crippen molar-refractivity contribution >= 4 is 29.2 Å². The molecule has 5 rings (SSSR count). The molecule has 2 aromatic heterocycles. The summed E-state index contributed by atoms with van der Waals surface area (Å²) in [4.78, 5) is 46.4. The number of aromatic hydroxyl groups is 1. The van der Waals surface area contributed by atoms with Crippen molar-refractivity contribution in [2.45, 2.75) is 45.9 Å². The number of nitrogens with one attached hydrogen (secondary N) is 3. The number of hydrogen-bond acceptors (Lipinski definition) is 7. The van der Waals surface area contributed by atoms with Gasteiger partial charge in [-0.1, -0.05) is 81.4 Å². The molecular weight excluding hydrogens is 560 g/mol. The number of carbonyl (C=O) groups is 3. The zero-order valence-electron chi connectivity index (χ0n) is 24.7. The molecular formula is C34H34N4O6. The first-order chi connectivity index (χ1) is 21.1.